The lowest BCUT2D eigenvalue weighted by molar-refractivity contribution is 0.212. The summed E-state index contributed by atoms with van der Waals surface area (Å²) >= 11 is 0. The molecule has 5 nitrogen and oxygen atoms in total. The molecule has 24 heavy (non-hydrogen) atoms. The lowest BCUT2D eigenvalue weighted by atomic mass is 9.85. The van der Waals surface area contributed by atoms with Crippen LogP contribution in [0, 0.1) is 5.41 Å². The van der Waals surface area contributed by atoms with Crippen molar-refractivity contribution in [3.8, 4) is 0 Å². The van der Waals surface area contributed by atoms with Gasteiger partial charge in [-0.05, 0) is 45.1 Å². The molecule has 0 aromatic carbocycles. The molecule has 0 saturated heterocycles. The van der Waals surface area contributed by atoms with Gasteiger partial charge in [-0.2, -0.15) is 9.40 Å². The van der Waals surface area contributed by atoms with Crippen molar-refractivity contribution < 1.29 is 8.42 Å². The van der Waals surface area contributed by atoms with Crippen LogP contribution < -0.4 is 0 Å². The zero-order valence-corrected chi connectivity index (χ0v) is 17.6. The minimum absolute atomic E-state index is 0.109. The van der Waals surface area contributed by atoms with Crippen molar-refractivity contribution in [3.63, 3.8) is 0 Å². The Bertz CT molecular complexity index is 641. The summed E-state index contributed by atoms with van der Waals surface area (Å²) in [6, 6.07) is 2.35. The summed E-state index contributed by atoms with van der Waals surface area (Å²) in [5.41, 5.74) is 0.849. The molecule has 140 valence electrons. The van der Waals surface area contributed by atoms with Gasteiger partial charge in [0.1, 0.15) is 0 Å². The van der Waals surface area contributed by atoms with E-state index in [1.54, 1.807) is 7.05 Å². The predicted molar refractivity (Wildman–Crippen MR) is 101 cm³/mol. The van der Waals surface area contributed by atoms with Gasteiger partial charge in [0.25, 0.3) is 0 Å². The summed E-state index contributed by atoms with van der Waals surface area (Å²) in [4.78, 5) is 0. The quantitative estimate of drug-likeness (QED) is 0.740. The fourth-order valence-electron chi connectivity index (χ4n) is 2.98. The van der Waals surface area contributed by atoms with Crippen LogP contribution in [0.4, 0.5) is 0 Å². The number of sulfonamides is 1. The molecule has 1 aromatic heterocycles. The van der Waals surface area contributed by atoms with E-state index >= 15 is 0 Å². The van der Waals surface area contributed by atoms with Gasteiger partial charge in [-0.1, -0.05) is 27.7 Å². The molecule has 1 aromatic rings. The second-order valence-corrected chi connectivity index (χ2v) is 10.6. The molecule has 0 aliphatic heterocycles. The molecule has 0 aliphatic carbocycles. The average Bonchev–Trinajstić information content (AvgIpc) is 2.90. The Morgan fingerprint density at radius 1 is 1.25 bits per heavy atom. The Hall–Kier alpha value is -0.880. The molecule has 1 rings (SSSR count). The molecule has 0 N–H and O–H groups in total. The average molecular weight is 358 g/mol. The number of aromatic nitrogens is 2. The zero-order valence-electron chi connectivity index (χ0n) is 16.8. The van der Waals surface area contributed by atoms with Gasteiger partial charge in [0.15, 0.2) is 0 Å². The summed E-state index contributed by atoms with van der Waals surface area (Å²) in [5, 5.41) is 4.56. The lowest BCUT2D eigenvalue weighted by Crippen LogP contribution is -2.45. The van der Waals surface area contributed by atoms with Gasteiger partial charge >= 0.3 is 0 Å². The van der Waals surface area contributed by atoms with Gasteiger partial charge in [0, 0.05) is 30.4 Å². The molecule has 2 atom stereocenters. The third-order valence-electron chi connectivity index (χ3n) is 5.33. The van der Waals surface area contributed by atoms with Gasteiger partial charge in [0.05, 0.1) is 12.3 Å². The van der Waals surface area contributed by atoms with Crippen LogP contribution in [-0.4, -0.2) is 41.3 Å². The van der Waals surface area contributed by atoms with Gasteiger partial charge in [-0.3, -0.25) is 4.68 Å². The molecule has 0 amide bonds. The number of nitrogens with zero attached hydrogens (tertiary/aromatic N) is 3. The fourth-order valence-corrected chi connectivity index (χ4v) is 3.95. The van der Waals surface area contributed by atoms with Crippen LogP contribution in [0.1, 0.15) is 79.0 Å². The van der Waals surface area contributed by atoms with Gasteiger partial charge in [-0.25, -0.2) is 8.42 Å². The standard InChI is InChI=1S/C18H35N3O2S/c1-10-15(13-18(6,7)20(8)24(9,22)23)16-11-12-19-21(16)14(2)17(3,4)5/h11-12,14-15H,10,13H2,1-9H3. The molecule has 0 aliphatic rings. The number of hydrogen-bond acceptors (Lipinski definition) is 3. The molecule has 0 bridgehead atoms. The number of rotatable bonds is 7. The molecule has 0 saturated carbocycles. The van der Waals surface area contributed by atoms with Gasteiger partial charge in [0.2, 0.25) is 10.0 Å². The maximum Gasteiger partial charge on any atom is 0.211 e. The fraction of sp³-hybridized carbons (Fsp3) is 0.833. The van der Waals surface area contributed by atoms with E-state index < -0.39 is 15.6 Å². The summed E-state index contributed by atoms with van der Waals surface area (Å²) in [7, 11) is -1.56. The molecule has 2 unspecified atom stereocenters. The molecule has 0 fully saturated rings. The van der Waals surface area contributed by atoms with E-state index in [2.05, 4.69) is 50.5 Å². The van der Waals surface area contributed by atoms with Crippen molar-refractivity contribution in [1.29, 1.82) is 0 Å². The van der Waals surface area contributed by atoms with E-state index in [1.165, 1.54) is 16.3 Å². The van der Waals surface area contributed by atoms with Crippen LogP contribution in [0.25, 0.3) is 0 Å². The van der Waals surface area contributed by atoms with E-state index in [4.69, 9.17) is 0 Å². The van der Waals surface area contributed by atoms with Crippen LogP contribution in [0.3, 0.4) is 0 Å². The molecule has 1 heterocycles. The van der Waals surface area contributed by atoms with Gasteiger partial charge in [-0.15, -0.1) is 0 Å². The van der Waals surface area contributed by atoms with Crippen molar-refractivity contribution in [2.75, 3.05) is 13.3 Å². The van der Waals surface area contributed by atoms with E-state index in [-0.39, 0.29) is 17.4 Å². The molecular formula is C18H35N3O2S. The Morgan fingerprint density at radius 3 is 2.21 bits per heavy atom. The van der Waals surface area contributed by atoms with Crippen molar-refractivity contribution >= 4 is 10.0 Å². The van der Waals surface area contributed by atoms with Crippen LogP contribution in [0.2, 0.25) is 0 Å². The normalized spacial score (nSPS) is 16.4. The van der Waals surface area contributed by atoms with E-state index in [9.17, 15) is 8.42 Å². The second kappa shape index (κ2) is 7.16. The monoisotopic (exact) mass is 357 g/mol. The van der Waals surface area contributed by atoms with Crippen molar-refractivity contribution in [1.82, 2.24) is 14.1 Å². The van der Waals surface area contributed by atoms with E-state index in [0.29, 0.717) is 0 Å². The summed E-state index contributed by atoms with van der Waals surface area (Å²) < 4.78 is 27.5. The maximum absolute atomic E-state index is 11.9. The summed E-state index contributed by atoms with van der Waals surface area (Å²) in [6.07, 6.45) is 4.83. The van der Waals surface area contributed by atoms with Crippen molar-refractivity contribution in [3.05, 3.63) is 18.0 Å². The van der Waals surface area contributed by atoms with Crippen molar-refractivity contribution in [2.45, 2.75) is 78.8 Å². The third-order valence-corrected chi connectivity index (χ3v) is 6.82. The van der Waals surface area contributed by atoms with Gasteiger partial charge < -0.3 is 0 Å². The zero-order chi connectivity index (χ0) is 18.9. The van der Waals surface area contributed by atoms with Crippen LogP contribution in [0.5, 0.6) is 0 Å². The predicted octanol–water partition coefficient (Wildman–Crippen LogP) is 4.04. The Kier molecular flexibility index (Phi) is 6.31. The minimum Gasteiger partial charge on any atom is -0.266 e. The third kappa shape index (κ3) is 4.82. The highest BCUT2D eigenvalue weighted by Crippen LogP contribution is 2.36. The molecule has 0 spiro atoms. The SMILES string of the molecule is CCC(CC(C)(C)N(C)S(C)(=O)=O)c1ccnn1C(C)C(C)(C)C. The minimum atomic E-state index is -3.22. The van der Waals surface area contributed by atoms with E-state index in [0.717, 1.165) is 12.8 Å². The molecular weight excluding hydrogens is 322 g/mol. The largest absolute Gasteiger partial charge is 0.266 e. The highest BCUT2D eigenvalue weighted by molar-refractivity contribution is 7.88. The molecule has 6 heteroatoms. The lowest BCUT2D eigenvalue weighted by Gasteiger charge is -2.37. The highest BCUT2D eigenvalue weighted by atomic mass is 32.2. The highest BCUT2D eigenvalue weighted by Gasteiger charge is 2.34. The van der Waals surface area contributed by atoms with Crippen LogP contribution in [-0.2, 0) is 10.0 Å². The smallest absolute Gasteiger partial charge is 0.211 e. The Labute approximate surface area is 148 Å². The topological polar surface area (TPSA) is 55.2 Å². The van der Waals surface area contributed by atoms with E-state index in [1.807, 2.05) is 20.0 Å². The first-order valence-electron chi connectivity index (χ1n) is 8.69. The number of hydrogen-bond donors (Lipinski definition) is 0. The first-order valence-corrected chi connectivity index (χ1v) is 10.5. The maximum atomic E-state index is 11.9. The second-order valence-electron chi connectivity index (χ2n) is 8.59. The Balaban J connectivity index is 3.15. The first-order chi connectivity index (χ1) is 10.7. The Morgan fingerprint density at radius 2 is 1.79 bits per heavy atom. The summed E-state index contributed by atoms with van der Waals surface area (Å²) in [5.74, 6) is 0.261. The van der Waals surface area contributed by atoms with Crippen LogP contribution in [0.15, 0.2) is 12.3 Å². The summed E-state index contributed by atoms with van der Waals surface area (Å²) in [6.45, 7) is 15.0. The molecule has 0 radical (unpaired) electrons. The first kappa shape index (κ1) is 21.2. The van der Waals surface area contributed by atoms with Crippen LogP contribution >= 0.6 is 0 Å². The van der Waals surface area contributed by atoms with Crippen molar-refractivity contribution in [2.24, 2.45) is 5.41 Å².